The Kier molecular flexibility index (Phi) is 4.46. The molecule has 0 aliphatic heterocycles. The third-order valence-corrected chi connectivity index (χ3v) is 5.16. The quantitative estimate of drug-likeness (QED) is 0.591. The predicted octanol–water partition coefficient (Wildman–Crippen LogP) is 6.21. The van der Waals surface area contributed by atoms with Crippen LogP contribution in [0.5, 0.6) is 0 Å². The fourth-order valence-corrected chi connectivity index (χ4v) is 3.06. The third kappa shape index (κ3) is 2.87. The lowest BCUT2D eigenvalue weighted by Gasteiger charge is -2.32. The molecule has 0 saturated heterocycles. The highest BCUT2D eigenvalue weighted by atomic mass is 35.5. The molecule has 0 heterocycles. The van der Waals surface area contributed by atoms with Crippen LogP contribution in [0.15, 0.2) is 42.5 Å². The van der Waals surface area contributed by atoms with Gasteiger partial charge < -0.3 is 0 Å². The van der Waals surface area contributed by atoms with Gasteiger partial charge in [0, 0.05) is 10.4 Å². The lowest BCUT2D eigenvalue weighted by atomic mass is 9.77. The Morgan fingerprint density at radius 1 is 0.950 bits per heavy atom. The third-order valence-electron chi connectivity index (χ3n) is 3.97. The van der Waals surface area contributed by atoms with Crippen molar-refractivity contribution in [1.29, 1.82) is 0 Å². The van der Waals surface area contributed by atoms with Gasteiger partial charge in [0.2, 0.25) is 0 Å². The topological polar surface area (TPSA) is 0 Å². The number of rotatable bonds is 3. The molecule has 1 atom stereocenters. The lowest BCUT2D eigenvalue weighted by Crippen LogP contribution is -2.24. The summed E-state index contributed by atoms with van der Waals surface area (Å²) in [5, 5.41) is 0.702. The molecule has 2 aromatic rings. The summed E-state index contributed by atoms with van der Waals surface area (Å²) in [6.07, 6.45) is 0. The molecule has 0 aromatic heterocycles. The summed E-state index contributed by atoms with van der Waals surface area (Å²) >= 11 is 13.0. The summed E-state index contributed by atoms with van der Waals surface area (Å²) in [7, 11) is 0. The Hall–Kier alpha value is -0.980. The molecule has 0 amide bonds. The molecule has 0 N–H and O–H groups in total. The van der Waals surface area contributed by atoms with Crippen molar-refractivity contribution in [2.75, 3.05) is 0 Å². The molecule has 0 radical (unpaired) electrons. The number of hydrogen-bond acceptors (Lipinski definition) is 0. The second-order valence-corrected chi connectivity index (χ2v) is 6.75. The molecular weight excluding hydrogens is 287 g/mol. The lowest BCUT2D eigenvalue weighted by molar-refractivity contribution is 0.503. The molecule has 106 valence electrons. The van der Waals surface area contributed by atoms with Crippen LogP contribution in [-0.4, -0.2) is 0 Å². The van der Waals surface area contributed by atoms with Crippen molar-refractivity contribution in [2.45, 2.75) is 38.5 Å². The van der Waals surface area contributed by atoms with E-state index in [0.717, 1.165) is 21.7 Å². The predicted molar refractivity (Wildman–Crippen MR) is 89.0 cm³/mol. The zero-order valence-corrected chi connectivity index (χ0v) is 13.9. The van der Waals surface area contributed by atoms with Gasteiger partial charge in [-0.25, -0.2) is 0 Å². The first-order chi connectivity index (χ1) is 9.34. The molecule has 0 aliphatic carbocycles. The van der Waals surface area contributed by atoms with Crippen molar-refractivity contribution in [3.05, 3.63) is 69.7 Å². The van der Waals surface area contributed by atoms with Crippen LogP contribution in [0.2, 0.25) is 5.02 Å². The van der Waals surface area contributed by atoms with E-state index in [0.29, 0.717) is 0 Å². The van der Waals surface area contributed by atoms with Crippen LogP contribution < -0.4 is 0 Å². The summed E-state index contributed by atoms with van der Waals surface area (Å²) in [5.74, 6) is 0. The van der Waals surface area contributed by atoms with E-state index < -0.39 is 0 Å². The highest BCUT2D eigenvalue weighted by Gasteiger charge is 2.32. The maximum absolute atomic E-state index is 6.82. The van der Waals surface area contributed by atoms with E-state index in [2.05, 4.69) is 51.1 Å². The monoisotopic (exact) mass is 306 g/mol. The zero-order valence-electron chi connectivity index (χ0n) is 12.4. The fourth-order valence-electron chi connectivity index (χ4n) is 2.48. The summed E-state index contributed by atoms with van der Waals surface area (Å²) < 4.78 is 0. The molecule has 2 heteroatoms. The van der Waals surface area contributed by atoms with Gasteiger partial charge in [-0.1, -0.05) is 61.8 Å². The maximum atomic E-state index is 6.82. The van der Waals surface area contributed by atoms with Gasteiger partial charge >= 0.3 is 0 Å². The minimum atomic E-state index is -0.145. The van der Waals surface area contributed by atoms with E-state index >= 15 is 0 Å². The van der Waals surface area contributed by atoms with Gasteiger partial charge in [0.25, 0.3) is 0 Å². The van der Waals surface area contributed by atoms with Crippen molar-refractivity contribution in [3.63, 3.8) is 0 Å². The normalized spacial score (nSPS) is 13.3. The van der Waals surface area contributed by atoms with Gasteiger partial charge in [-0.05, 0) is 42.2 Å². The van der Waals surface area contributed by atoms with Crippen LogP contribution in [0.1, 0.15) is 41.5 Å². The van der Waals surface area contributed by atoms with E-state index in [9.17, 15) is 0 Å². The Balaban J connectivity index is 2.45. The molecule has 0 aliphatic rings. The number of alkyl halides is 1. The first kappa shape index (κ1) is 15.4. The van der Waals surface area contributed by atoms with Crippen LogP contribution >= 0.6 is 23.2 Å². The second kappa shape index (κ2) is 5.79. The van der Waals surface area contributed by atoms with E-state index in [-0.39, 0.29) is 10.8 Å². The Morgan fingerprint density at radius 2 is 1.55 bits per heavy atom. The molecule has 0 saturated carbocycles. The van der Waals surface area contributed by atoms with Gasteiger partial charge in [-0.3, -0.25) is 0 Å². The van der Waals surface area contributed by atoms with Gasteiger partial charge in [0.1, 0.15) is 0 Å². The Labute approximate surface area is 131 Å². The van der Waals surface area contributed by atoms with Crippen LogP contribution in [0, 0.1) is 13.8 Å². The number of aryl methyl sites for hydroxylation is 2. The van der Waals surface area contributed by atoms with Crippen molar-refractivity contribution >= 4 is 23.2 Å². The van der Waals surface area contributed by atoms with Crippen LogP contribution in [0.3, 0.4) is 0 Å². The van der Waals surface area contributed by atoms with Gasteiger partial charge in [0.05, 0.1) is 5.38 Å². The average molecular weight is 307 g/mol. The molecule has 2 rings (SSSR count). The Bertz CT molecular complexity index is 600. The van der Waals surface area contributed by atoms with E-state index in [1.54, 1.807) is 0 Å². The zero-order chi connectivity index (χ0) is 14.9. The van der Waals surface area contributed by atoms with Gasteiger partial charge in [-0.15, -0.1) is 11.6 Å². The molecule has 0 nitrogen and oxygen atoms in total. The number of halogens is 2. The SMILES string of the molecule is Cc1cc(C(Cl)C(C)(C)c2ccccc2)c(C)cc1Cl. The summed E-state index contributed by atoms with van der Waals surface area (Å²) in [5.41, 5.74) is 4.47. The largest absolute Gasteiger partial charge is 0.117 e. The minimum absolute atomic E-state index is 0.0964. The first-order valence-electron chi connectivity index (χ1n) is 6.80. The molecule has 2 aromatic carbocycles. The van der Waals surface area contributed by atoms with Crippen LogP contribution in [0.4, 0.5) is 0 Å². The average Bonchev–Trinajstić information content (AvgIpc) is 2.43. The smallest absolute Gasteiger partial charge is 0.0679 e. The van der Waals surface area contributed by atoms with Crippen LogP contribution in [0.25, 0.3) is 0 Å². The van der Waals surface area contributed by atoms with E-state index in [1.807, 2.05) is 19.1 Å². The first-order valence-corrected chi connectivity index (χ1v) is 7.61. The van der Waals surface area contributed by atoms with Gasteiger partial charge in [0.15, 0.2) is 0 Å². The van der Waals surface area contributed by atoms with Crippen LogP contribution in [-0.2, 0) is 5.41 Å². The standard InChI is InChI=1S/C18H20Cl2/c1-12-11-16(19)13(2)10-15(12)17(20)18(3,4)14-8-6-5-7-9-14/h5-11,17H,1-4H3. The maximum Gasteiger partial charge on any atom is 0.0679 e. The molecule has 0 bridgehead atoms. The molecule has 0 spiro atoms. The van der Waals surface area contributed by atoms with Crippen molar-refractivity contribution in [1.82, 2.24) is 0 Å². The number of benzene rings is 2. The highest BCUT2D eigenvalue weighted by molar-refractivity contribution is 6.31. The van der Waals surface area contributed by atoms with E-state index in [1.165, 1.54) is 5.56 Å². The van der Waals surface area contributed by atoms with Crippen molar-refractivity contribution in [3.8, 4) is 0 Å². The molecule has 1 unspecified atom stereocenters. The summed E-state index contributed by atoms with van der Waals surface area (Å²) in [6, 6.07) is 14.5. The minimum Gasteiger partial charge on any atom is -0.117 e. The molecular formula is C18H20Cl2. The molecule has 0 fully saturated rings. The fraction of sp³-hybridized carbons (Fsp3) is 0.333. The highest BCUT2D eigenvalue weighted by Crippen LogP contribution is 2.43. The number of hydrogen-bond donors (Lipinski definition) is 0. The van der Waals surface area contributed by atoms with Gasteiger partial charge in [-0.2, -0.15) is 0 Å². The second-order valence-electron chi connectivity index (χ2n) is 5.91. The Morgan fingerprint density at radius 3 is 2.15 bits per heavy atom. The summed E-state index contributed by atoms with van der Waals surface area (Å²) in [4.78, 5) is 0. The van der Waals surface area contributed by atoms with E-state index in [4.69, 9.17) is 23.2 Å². The molecule has 20 heavy (non-hydrogen) atoms. The van der Waals surface area contributed by atoms with Crippen molar-refractivity contribution in [2.24, 2.45) is 0 Å². The summed E-state index contributed by atoms with van der Waals surface area (Å²) in [6.45, 7) is 8.45. The van der Waals surface area contributed by atoms with Crippen molar-refractivity contribution < 1.29 is 0 Å².